The van der Waals surface area contributed by atoms with Crippen LogP contribution in [0.25, 0.3) is 0 Å². The number of hydrogen-bond acceptors (Lipinski definition) is 4. The van der Waals surface area contributed by atoms with Gasteiger partial charge in [-0.05, 0) is 39.3 Å². The summed E-state index contributed by atoms with van der Waals surface area (Å²) in [5.41, 5.74) is 0. The Bertz CT molecular complexity index is 303. The Kier molecular flexibility index (Phi) is 5.21. The molecule has 1 saturated heterocycles. The van der Waals surface area contributed by atoms with Gasteiger partial charge in [0.15, 0.2) is 0 Å². The quantitative estimate of drug-likeness (QED) is 0.763. The number of nitrogens with one attached hydrogen (secondary N) is 1. The summed E-state index contributed by atoms with van der Waals surface area (Å²) in [6.07, 6.45) is 3.74. The monoisotopic (exact) mass is 248 g/mol. The molecular weight excluding hydrogens is 224 g/mol. The summed E-state index contributed by atoms with van der Waals surface area (Å²) in [5.74, 6) is 0.937. The molecule has 1 N–H and O–H groups in total. The minimum absolute atomic E-state index is 0.285. The SMILES string of the molecule is CNC(C)C1CCCN(CCS(C)(=O)=O)C1. The molecule has 0 aromatic carbocycles. The standard InChI is InChI=1S/C11H24N2O2S/c1-10(12-2)11-5-4-6-13(9-11)7-8-16(3,14)15/h10-12H,4-9H2,1-3H3. The maximum atomic E-state index is 11.1. The van der Waals surface area contributed by atoms with E-state index < -0.39 is 9.84 Å². The third-order valence-electron chi connectivity index (χ3n) is 3.48. The second-order valence-corrected chi connectivity index (χ2v) is 7.17. The third kappa shape index (κ3) is 4.80. The molecule has 96 valence electrons. The lowest BCUT2D eigenvalue weighted by Gasteiger charge is -2.35. The third-order valence-corrected chi connectivity index (χ3v) is 4.41. The van der Waals surface area contributed by atoms with E-state index in [4.69, 9.17) is 0 Å². The highest BCUT2D eigenvalue weighted by Gasteiger charge is 2.23. The number of likely N-dealkylation sites (tertiary alicyclic amines) is 1. The molecule has 1 aliphatic heterocycles. The first-order valence-electron chi connectivity index (χ1n) is 5.99. The van der Waals surface area contributed by atoms with Crippen LogP contribution in [0.5, 0.6) is 0 Å². The van der Waals surface area contributed by atoms with E-state index in [1.165, 1.54) is 19.1 Å². The van der Waals surface area contributed by atoms with E-state index in [-0.39, 0.29) is 5.75 Å². The van der Waals surface area contributed by atoms with Gasteiger partial charge in [0.05, 0.1) is 5.75 Å². The van der Waals surface area contributed by atoms with Crippen molar-refractivity contribution in [1.82, 2.24) is 10.2 Å². The second-order valence-electron chi connectivity index (χ2n) is 4.91. The van der Waals surface area contributed by atoms with Crippen molar-refractivity contribution >= 4 is 9.84 Å². The molecule has 0 bridgehead atoms. The van der Waals surface area contributed by atoms with Crippen LogP contribution in [0.3, 0.4) is 0 Å². The Balaban J connectivity index is 2.39. The minimum Gasteiger partial charge on any atom is -0.317 e. The Morgan fingerprint density at radius 1 is 1.50 bits per heavy atom. The zero-order valence-electron chi connectivity index (χ0n) is 10.6. The lowest BCUT2D eigenvalue weighted by molar-refractivity contribution is 0.160. The van der Waals surface area contributed by atoms with Gasteiger partial charge in [-0.25, -0.2) is 8.42 Å². The number of rotatable bonds is 5. The average Bonchev–Trinajstić information content (AvgIpc) is 2.25. The molecule has 2 unspecified atom stereocenters. The topological polar surface area (TPSA) is 49.4 Å². The summed E-state index contributed by atoms with van der Waals surface area (Å²) >= 11 is 0. The van der Waals surface area contributed by atoms with Crippen LogP contribution >= 0.6 is 0 Å². The molecule has 0 saturated carbocycles. The van der Waals surface area contributed by atoms with Crippen molar-refractivity contribution in [2.45, 2.75) is 25.8 Å². The van der Waals surface area contributed by atoms with Gasteiger partial charge < -0.3 is 10.2 Å². The first-order chi connectivity index (χ1) is 7.42. The maximum absolute atomic E-state index is 11.1. The molecule has 4 nitrogen and oxygen atoms in total. The highest BCUT2D eigenvalue weighted by atomic mass is 32.2. The summed E-state index contributed by atoms with van der Waals surface area (Å²) in [6, 6.07) is 0.515. The minimum atomic E-state index is -2.82. The summed E-state index contributed by atoms with van der Waals surface area (Å²) in [7, 11) is -0.838. The average molecular weight is 248 g/mol. The van der Waals surface area contributed by atoms with Gasteiger partial charge in [-0.3, -0.25) is 0 Å². The van der Waals surface area contributed by atoms with E-state index in [0.29, 0.717) is 18.5 Å². The summed E-state index contributed by atoms with van der Waals surface area (Å²) in [4.78, 5) is 2.28. The Morgan fingerprint density at radius 2 is 2.19 bits per heavy atom. The second kappa shape index (κ2) is 5.98. The van der Waals surface area contributed by atoms with E-state index in [9.17, 15) is 8.42 Å². The fourth-order valence-corrected chi connectivity index (χ4v) is 2.82. The van der Waals surface area contributed by atoms with Crippen LogP contribution in [0, 0.1) is 5.92 Å². The fourth-order valence-electron chi connectivity index (χ4n) is 2.23. The first-order valence-corrected chi connectivity index (χ1v) is 8.06. The summed E-state index contributed by atoms with van der Waals surface area (Å²) < 4.78 is 22.2. The molecule has 0 aromatic rings. The number of nitrogens with zero attached hydrogens (tertiary/aromatic N) is 1. The van der Waals surface area contributed by atoms with Crippen molar-refractivity contribution in [2.24, 2.45) is 5.92 Å². The predicted octanol–water partition coefficient (Wildman–Crippen LogP) is 0.351. The number of piperidine rings is 1. The van der Waals surface area contributed by atoms with Crippen molar-refractivity contribution in [1.29, 1.82) is 0 Å². The Labute approximate surface area is 99.3 Å². The van der Waals surface area contributed by atoms with E-state index >= 15 is 0 Å². The van der Waals surface area contributed by atoms with Gasteiger partial charge in [-0.2, -0.15) is 0 Å². The van der Waals surface area contributed by atoms with Crippen LogP contribution < -0.4 is 5.32 Å². The largest absolute Gasteiger partial charge is 0.317 e. The van der Waals surface area contributed by atoms with Crippen LogP contribution in [0.2, 0.25) is 0 Å². The smallest absolute Gasteiger partial charge is 0.148 e. The van der Waals surface area contributed by atoms with Crippen molar-refractivity contribution < 1.29 is 8.42 Å². The number of hydrogen-bond donors (Lipinski definition) is 1. The van der Waals surface area contributed by atoms with Crippen molar-refractivity contribution in [3.05, 3.63) is 0 Å². The van der Waals surface area contributed by atoms with E-state index in [1.807, 2.05) is 7.05 Å². The van der Waals surface area contributed by atoms with Gasteiger partial charge >= 0.3 is 0 Å². The van der Waals surface area contributed by atoms with Crippen molar-refractivity contribution in [2.75, 3.05) is 38.7 Å². The molecule has 1 aliphatic rings. The Morgan fingerprint density at radius 3 is 2.75 bits per heavy atom. The maximum Gasteiger partial charge on any atom is 0.148 e. The molecule has 1 fully saturated rings. The molecule has 0 amide bonds. The molecule has 0 radical (unpaired) electrons. The Hall–Kier alpha value is -0.130. The number of sulfone groups is 1. The molecule has 0 aromatic heterocycles. The molecule has 2 atom stereocenters. The van der Waals surface area contributed by atoms with E-state index in [1.54, 1.807) is 0 Å². The lowest BCUT2D eigenvalue weighted by atomic mass is 9.92. The molecule has 16 heavy (non-hydrogen) atoms. The normalized spacial score (nSPS) is 25.6. The van der Waals surface area contributed by atoms with Gasteiger partial charge in [0.25, 0.3) is 0 Å². The molecular formula is C11H24N2O2S. The van der Waals surface area contributed by atoms with E-state index in [0.717, 1.165) is 13.1 Å². The van der Waals surface area contributed by atoms with Crippen LogP contribution in [-0.4, -0.2) is 58.1 Å². The lowest BCUT2D eigenvalue weighted by Crippen LogP contribution is -2.44. The van der Waals surface area contributed by atoms with Crippen LogP contribution in [0.1, 0.15) is 19.8 Å². The van der Waals surface area contributed by atoms with E-state index in [2.05, 4.69) is 17.1 Å². The van der Waals surface area contributed by atoms with Gasteiger partial charge in [0, 0.05) is 25.4 Å². The molecule has 0 aliphatic carbocycles. The van der Waals surface area contributed by atoms with Gasteiger partial charge in [-0.15, -0.1) is 0 Å². The molecule has 5 heteroatoms. The van der Waals surface area contributed by atoms with Crippen molar-refractivity contribution in [3.63, 3.8) is 0 Å². The first kappa shape index (κ1) is 13.9. The zero-order valence-corrected chi connectivity index (χ0v) is 11.4. The van der Waals surface area contributed by atoms with Crippen molar-refractivity contribution in [3.8, 4) is 0 Å². The highest BCUT2D eigenvalue weighted by molar-refractivity contribution is 7.90. The molecule has 1 heterocycles. The van der Waals surface area contributed by atoms with Gasteiger partial charge in [0.2, 0.25) is 0 Å². The fraction of sp³-hybridized carbons (Fsp3) is 1.00. The van der Waals surface area contributed by atoms with Crippen LogP contribution in [0.15, 0.2) is 0 Å². The van der Waals surface area contributed by atoms with Gasteiger partial charge in [-0.1, -0.05) is 0 Å². The predicted molar refractivity (Wildman–Crippen MR) is 67.4 cm³/mol. The highest BCUT2D eigenvalue weighted by Crippen LogP contribution is 2.19. The summed E-state index contributed by atoms with van der Waals surface area (Å²) in [6.45, 7) is 4.95. The van der Waals surface area contributed by atoms with Crippen LogP contribution in [-0.2, 0) is 9.84 Å². The van der Waals surface area contributed by atoms with Crippen LogP contribution in [0.4, 0.5) is 0 Å². The molecule has 1 rings (SSSR count). The van der Waals surface area contributed by atoms with Gasteiger partial charge in [0.1, 0.15) is 9.84 Å². The summed E-state index contributed by atoms with van der Waals surface area (Å²) in [5, 5.41) is 3.28. The molecule has 0 spiro atoms. The zero-order chi connectivity index (χ0) is 12.2.